The maximum atomic E-state index is 10.5. The first kappa shape index (κ1) is 16.6. The highest BCUT2D eigenvalue weighted by molar-refractivity contribution is 14.1. The molecule has 0 fully saturated rings. The van der Waals surface area contributed by atoms with E-state index in [4.69, 9.17) is 9.47 Å². The Labute approximate surface area is 146 Å². The van der Waals surface area contributed by atoms with E-state index in [1.54, 1.807) is 14.2 Å². The number of aliphatic hydroxyl groups is 1. The van der Waals surface area contributed by atoms with Crippen molar-refractivity contribution in [3.8, 4) is 11.5 Å². The highest BCUT2D eigenvalue weighted by atomic mass is 127. The third-order valence-corrected chi connectivity index (χ3v) is 4.59. The minimum absolute atomic E-state index is 0.513. The SMILES string of the molecule is COc1ccc(CC(O)c2cc(I)ccc2Br)cc1OC. The summed E-state index contributed by atoms with van der Waals surface area (Å²) in [6, 6.07) is 11.6. The van der Waals surface area contributed by atoms with E-state index in [0.29, 0.717) is 17.9 Å². The van der Waals surface area contributed by atoms with Gasteiger partial charge < -0.3 is 14.6 Å². The van der Waals surface area contributed by atoms with Gasteiger partial charge in [-0.2, -0.15) is 0 Å². The maximum Gasteiger partial charge on any atom is 0.160 e. The molecule has 1 N–H and O–H groups in total. The van der Waals surface area contributed by atoms with Gasteiger partial charge in [-0.1, -0.05) is 22.0 Å². The third-order valence-electron chi connectivity index (χ3n) is 3.19. The molecule has 0 heterocycles. The second-order valence-electron chi connectivity index (χ2n) is 4.58. The number of benzene rings is 2. The number of rotatable bonds is 5. The Balaban J connectivity index is 2.23. The number of hydrogen-bond acceptors (Lipinski definition) is 3. The predicted octanol–water partition coefficient (Wildman–Crippen LogP) is 4.35. The first-order chi connectivity index (χ1) is 10.0. The zero-order valence-electron chi connectivity index (χ0n) is 11.8. The van der Waals surface area contributed by atoms with Gasteiger partial charge in [-0.25, -0.2) is 0 Å². The topological polar surface area (TPSA) is 38.7 Å². The quantitative estimate of drug-likeness (QED) is 0.671. The van der Waals surface area contributed by atoms with Crippen molar-refractivity contribution in [2.24, 2.45) is 0 Å². The van der Waals surface area contributed by atoms with Gasteiger partial charge in [-0.3, -0.25) is 0 Å². The van der Waals surface area contributed by atoms with Crippen LogP contribution in [0.2, 0.25) is 0 Å². The average Bonchev–Trinajstić information content (AvgIpc) is 2.49. The van der Waals surface area contributed by atoms with Crippen LogP contribution in [0.25, 0.3) is 0 Å². The van der Waals surface area contributed by atoms with Crippen LogP contribution >= 0.6 is 38.5 Å². The van der Waals surface area contributed by atoms with Gasteiger partial charge in [0.2, 0.25) is 0 Å². The fraction of sp³-hybridized carbons (Fsp3) is 0.250. The first-order valence-electron chi connectivity index (χ1n) is 6.39. The summed E-state index contributed by atoms with van der Waals surface area (Å²) >= 11 is 5.73. The van der Waals surface area contributed by atoms with Crippen LogP contribution in [0.5, 0.6) is 11.5 Å². The predicted molar refractivity (Wildman–Crippen MR) is 95.1 cm³/mol. The molecule has 0 amide bonds. The Morgan fingerprint density at radius 2 is 1.81 bits per heavy atom. The Bertz CT molecular complexity index is 631. The molecule has 0 spiro atoms. The summed E-state index contributed by atoms with van der Waals surface area (Å²) in [4.78, 5) is 0. The smallest absolute Gasteiger partial charge is 0.160 e. The molecule has 0 aliphatic rings. The maximum absolute atomic E-state index is 10.5. The van der Waals surface area contributed by atoms with Crippen molar-refractivity contribution in [3.05, 3.63) is 55.6 Å². The monoisotopic (exact) mass is 462 g/mol. The molecule has 0 aliphatic carbocycles. The van der Waals surface area contributed by atoms with Gasteiger partial charge in [0, 0.05) is 14.5 Å². The Morgan fingerprint density at radius 3 is 2.48 bits per heavy atom. The van der Waals surface area contributed by atoms with E-state index in [2.05, 4.69) is 38.5 Å². The molecule has 0 aromatic heterocycles. The molecule has 1 unspecified atom stereocenters. The van der Waals surface area contributed by atoms with Gasteiger partial charge in [-0.15, -0.1) is 0 Å². The molecule has 2 rings (SSSR count). The zero-order valence-corrected chi connectivity index (χ0v) is 15.5. The number of hydrogen-bond donors (Lipinski definition) is 1. The van der Waals surface area contributed by atoms with Crippen molar-refractivity contribution in [3.63, 3.8) is 0 Å². The molecule has 0 saturated carbocycles. The molecule has 2 aromatic carbocycles. The largest absolute Gasteiger partial charge is 0.493 e. The van der Waals surface area contributed by atoms with Crippen LogP contribution in [0.4, 0.5) is 0 Å². The molecule has 1 atom stereocenters. The summed E-state index contributed by atoms with van der Waals surface area (Å²) in [6.45, 7) is 0. The van der Waals surface area contributed by atoms with Crippen LogP contribution in [0.1, 0.15) is 17.2 Å². The molecule has 21 heavy (non-hydrogen) atoms. The van der Waals surface area contributed by atoms with E-state index in [0.717, 1.165) is 19.2 Å². The lowest BCUT2D eigenvalue weighted by Crippen LogP contribution is -2.04. The summed E-state index contributed by atoms with van der Waals surface area (Å²) in [5.41, 5.74) is 1.88. The lowest BCUT2D eigenvalue weighted by atomic mass is 10.0. The molecule has 0 bridgehead atoms. The second-order valence-corrected chi connectivity index (χ2v) is 6.68. The van der Waals surface area contributed by atoms with Crippen LogP contribution in [0, 0.1) is 3.57 Å². The number of halogens is 2. The summed E-state index contributed by atoms with van der Waals surface area (Å²) in [7, 11) is 3.21. The van der Waals surface area contributed by atoms with Gasteiger partial charge in [0.1, 0.15) is 0 Å². The average molecular weight is 463 g/mol. The molecule has 0 aliphatic heterocycles. The summed E-state index contributed by atoms with van der Waals surface area (Å²) in [5, 5.41) is 10.5. The zero-order chi connectivity index (χ0) is 15.4. The Hall–Kier alpha value is -0.790. The van der Waals surface area contributed by atoms with Gasteiger partial charge in [0.05, 0.1) is 20.3 Å². The van der Waals surface area contributed by atoms with E-state index in [1.165, 1.54) is 0 Å². The van der Waals surface area contributed by atoms with Crippen molar-refractivity contribution in [2.75, 3.05) is 14.2 Å². The second kappa shape index (κ2) is 7.47. The molecule has 0 radical (unpaired) electrons. The van der Waals surface area contributed by atoms with Gasteiger partial charge in [-0.05, 0) is 64.0 Å². The normalized spacial score (nSPS) is 12.0. The standard InChI is InChI=1S/C16H16BrIO3/c1-20-15-6-3-10(8-16(15)21-2)7-14(19)12-9-11(18)4-5-13(12)17/h3-6,8-9,14,19H,7H2,1-2H3. The van der Waals surface area contributed by atoms with E-state index in [1.807, 2.05) is 36.4 Å². The van der Waals surface area contributed by atoms with E-state index >= 15 is 0 Å². The summed E-state index contributed by atoms with van der Waals surface area (Å²) < 4.78 is 12.5. The van der Waals surface area contributed by atoms with Crippen molar-refractivity contribution in [1.82, 2.24) is 0 Å². The lowest BCUT2D eigenvalue weighted by molar-refractivity contribution is 0.177. The Kier molecular flexibility index (Phi) is 5.89. The first-order valence-corrected chi connectivity index (χ1v) is 8.26. The van der Waals surface area contributed by atoms with E-state index < -0.39 is 6.10 Å². The number of methoxy groups -OCH3 is 2. The molecule has 2 aromatic rings. The third kappa shape index (κ3) is 4.11. The highest BCUT2D eigenvalue weighted by Gasteiger charge is 2.14. The fourth-order valence-electron chi connectivity index (χ4n) is 2.11. The molecule has 5 heteroatoms. The fourth-order valence-corrected chi connectivity index (χ4v) is 3.14. The van der Waals surface area contributed by atoms with E-state index in [9.17, 15) is 5.11 Å². The van der Waals surface area contributed by atoms with Crippen molar-refractivity contribution in [1.29, 1.82) is 0 Å². The van der Waals surface area contributed by atoms with Gasteiger partial charge in [0.25, 0.3) is 0 Å². The van der Waals surface area contributed by atoms with Crippen LogP contribution in [-0.4, -0.2) is 19.3 Å². The molecule has 3 nitrogen and oxygen atoms in total. The lowest BCUT2D eigenvalue weighted by Gasteiger charge is -2.15. The van der Waals surface area contributed by atoms with Crippen LogP contribution in [-0.2, 0) is 6.42 Å². The van der Waals surface area contributed by atoms with E-state index in [-0.39, 0.29) is 0 Å². The summed E-state index contributed by atoms with van der Waals surface area (Å²) in [6.07, 6.45) is -0.0637. The number of aliphatic hydroxyl groups excluding tert-OH is 1. The summed E-state index contributed by atoms with van der Waals surface area (Å²) in [5.74, 6) is 1.36. The minimum Gasteiger partial charge on any atom is -0.493 e. The van der Waals surface area contributed by atoms with Crippen LogP contribution in [0.3, 0.4) is 0 Å². The molecular formula is C16H16BrIO3. The van der Waals surface area contributed by atoms with Gasteiger partial charge in [0.15, 0.2) is 11.5 Å². The molecule has 112 valence electrons. The Morgan fingerprint density at radius 1 is 1.10 bits per heavy atom. The van der Waals surface area contributed by atoms with Crippen molar-refractivity contribution >= 4 is 38.5 Å². The molecular weight excluding hydrogens is 447 g/mol. The molecule has 0 saturated heterocycles. The van der Waals surface area contributed by atoms with Crippen molar-refractivity contribution in [2.45, 2.75) is 12.5 Å². The highest BCUT2D eigenvalue weighted by Crippen LogP contribution is 2.31. The number of ether oxygens (including phenoxy) is 2. The van der Waals surface area contributed by atoms with Crippen LogP contribution < -0.4 is 9.47 Å². The minimum atomic E-state index is -0.577. The van der Waals surface area contributed by atoms with Gasteiger partial charge >= 0.3 is 0 Å². The van der Waals surface area contributed by atoms with Crippen LogP contribution in [0.15, 0.2) is 40.9 Å². The van der Waals surface area contributed by atoms with Crippen molar-refractivity contribution < 1.29 is 14.6 Å².